The Labute approximate surface area is 136 Å². The van der Waals surface area contributed by atoms with Crippen molar-refractivity contribution in [2.45, 2.75) is 19.6 Å². The lowest BCUT2D eigenvalue weighted by Crippen LogP contribution is -2.48. The summed E-state index contributed by atoms with van der Waals surface area (Å²) < 4.78 is 17.4. The van der Waals surface area contributed by atoms with E-state index in [1.807, 2.05) is 11.8 Å². The topological polar surface area (TPSA) is 69.3 Å². The van der Waals surface area contributed by atoms with E-state index in [0.29, 0.717) is 38.9 Å². The first-order valence-corrected chi connectivity index (χ1v) is 9.17. The molecule has 126 valence electrons. The Kier molecular flexibility index (Phi) is 4.87. The Morgan fingerprint density at radius 3 is 2.68 bits per heavy atom. The number of hydrogen-bond acceptors (Lipinski definition) is 5. The fourth-order valence-corrected chi connectivity index (χ4v) is 4.31. The highest BCUT2D eigenvalue weighted by Crippen LogP contribution is 2.44. The van der Waals surface area contributed by atoms with Crippen LogP contribution in [0.2, 0.25) is 0 Å². The predicted octanol–water partition coefficient (Wildman–Crippen LogP) is 0.766. The van der Waals surface area contributed by atoms with Crippen LogP contribution in [0.4, 0.5) is 0 Å². The van der Waals surface area contributed by atoms with E-state index < -0.39 is 5.79 Å². The van der Waals surface area contributed by atoms with Gasteiger partial charge in [-0.2, -0.15) is 11.8 Å². The van der Waals surface area contributed by atoms with E-state index >= 15 is 0 Å². The minimum Gasteiger partial charge on any atom is -0.375 e. The first-order chi connectivity index (χ1) is 10.5. The zero-order valence-electron chi connectivity index (χ0n) is 13.5. The van der Waals surface area contributed by atoms with Gasteiger partial charge in [-0.1, -0.05) is 13.8 Å². The average molecular weight is 329 g/mol. The van der Waals surface area contributed by atoms with Crippen LogP contribution in [0.15, 0.2) is 4.99 Å². The van der Waals surface area contributed by atoms with Gasteiger partial charge in [-0.3, -0.25) is 4.99 Å². The molecule has 7 heteroatoms. The summed E-state index contributed by atoms with van der Waals surface area (Å²) in [6, 6.07) is 0. The fraction of sp³-hybridized carbons (Fsp3) is 0.933. The van der Waals surface area contributed by atoms with Gasteiger partial charge in [0.25, 0.3) is 0 Å². The van der Waals surface area contributed by atoms with Gasteiger partial charge in [-0.15, -0.1) is 0 Å². The van der Waals surface area contributed by atoms with Crippen LogP contribution < -0.4 is 5.73 Å². The summed E-state index contributed by atoms with van der Waals surface area (Å²) in [5.74, 6) is 2.52. The maximum atomic E-state index is 6.17. The molecule has 0 aromatic rings. The molecule has 3 saturated heterocycles. The minimum atomic E-state index is -0.574. The number of thioether (sulfide) groups is 1. The van der Waals surface area contributed by atoms with Crippen LogP contribution in [-0.4, -0.2) is 74.2 Å². The van der Waals surface area contributed by atoms with E-state index in [0.717, 1.165) is 24.6 Å². The van der Waals surface area contributed by atoms with Gasteiger partial charge in [-0.05, 0) is 5.41 Å². The molecule has 3 aliphatic heterocycles. The third-order valence-corrected chi connectivity index (χ3v) is 5.76. The lowest BCUT2D eigenvalue weighted by molar-refractivity contribution is -0.196. The first-order valence-electron chi connectivity index (χ1n) is 8.02. The molecule has 2 N–H and O–H groups in total. The van der Waals surface area contributed by atoms with Crippen molar-refractivity contribution in [2.75, 3.05) is 57.6 Å². The van der Waals surface area contributed by atoms with E-state index in [9.17, 15) is 0 Å². The molecule has 0 aromatic heterocycles. The third kappa shape index (κ3) is 3.22. The molecule has 1 atom stereocenters. The predicted molar refractivity (Wildman–Crippen MR) is 88.1 cm³/mol. The maximum Gasteiger partial charge on any atom is 0.197 e. The summed E-state index contributed by atoms with van der Waals surface area (Å²) in [6.45, 7) is 9.49. The molecule has 3 rings (SSSR count). The van der Waals surface area contributed by atoms with Crippen molar-refractivity contribution >= 4 is 17.7 Å². The van der Waals surface area contributed by atoms with Crippen molar-refractivity contribution in [3.8, 4) is 0 Å². The molecule has 0 saturated carbocycles. The second-order valence-electron chi connectivity index (χ2n) is 6.84. The van der Waals surface area contributed by atoms with Crippen LogP contribution in [-0.2, 0) is 14.2 Å². The number of nitrogens with zero attached hydrogens (tertiary/aromatic N) is 2. The lowest BCUT2D eigenvalue weighted by atomic mass is 9.75. The highest BCUT2D eigenvalue weighted by molar-refractivity contribution is 7.99. The molecule has 0 amide bonds. The van der Waals surface area contributed by atoms with Crippen LogP contribution >= 0.6 is 11.8 Å². The number of hydrogen-bond donors (Lipinski definition) is 1. The SMILES string of the molecule is CC(C)(CN=C(N)N1CCSCC1)C1COCC12OCCO2. The molecule has 3 fully saturated rings. The number of ether oxygens (including phenoxy) is 3. The van der Waals surface area contributed by atoms with Gasteiger partial charge in [-0.25, -0.2) is 0 Å². The Bertz CT molecular complexity index is 413. The number of nitrogens with two attached hydrogens (primary N) is 1. The second kappa shape index (κ2) is 6.55. The highest BCUT2D eigenvalue weighted by atomic mass is 32.2. The smallest absolute Gasteiger partial charge is 0.197 e. The third-order valence-electron chi connectivity index (χ3n) is 4.82. The Balaban J connectivity index is 1.64. The first kappa shape index (κ1) is 16.4. The van der Waals surface area contributed by atoms with Gasteiger partial charge >= 0.3 is 0 Å². The summed E-state index contributed by atoms with van der Waals surface area (Å²) in [6.07, 6.45) is 0. The van der Waals surface area contributed by atoms with Crippen LogP contribution in [0.25, 0.3) is 0 Å². The fourth-order valence-electron chi connectivity index (χ4n) is 3.41. The van der Waals surface area contributed by atoms with Gasteiger partial charge in [0.05, 0.1) is 19.8 Å². The standard InChI is InChI=1S/C15H27N3O3S/c1-14(2,10-17-13(16)18-3-7-22-8-4-18)12-9-19-11-15(12)20-5-6-21-15/h12H,3-11H2,1-2H3,(H2,16,17). The molecule has 0 aliphatic carbocycles. The zero-order chi connectivity index (χ0) is 15.6. The van der Waals surface area contributed by atoms with Crippen molar-refractivity contribution in [1.29, 1.82) is 0 Å². The van der Waals surface area contributed by atoms with Crippen molar-refractivity contribution in [2.24, 2.45) is 22.1 Å². The Hall–Kier alpha value is -0.500. The van der Waals surface area contributed by atoms with Gasteiger partial charge in [0.15, 0.2) is 11.7 Å². The molecule has 3 aliphatic rings. The zero-order valence-corrected chi connectivity index (χ0v) is 14.4. The summed E-state index contributed by atoms with van der Waals surface area (Å²) >= 11 is 1.97. The molecule has 6 nitrogen and oxygen atoms in total. The molecule has 1 unspecified atom stereocenters. The van der Waals surface area contributed by atoms with E-state index in [1.165, 1.54) is 0 Å². The van der Waals surface area contributed by atoms with E-state index in [2.05, 4.69) is 23.7 Å². The van der Waals surface area contributed by atoms with Gasteiger partial charge in [0.2, 0.25) is 0 Å². The van der Waals surface area contributed by atoms with Gasteiger partial charge < -0.3 is 24.8 Å². The largest absolute Gasteiger partial charge is 0.375 e. The van der Waals surface area contributed by atoms with Crippen molar-refractivity contribution < 1.29 is 14.2 Å². The van der Waals surface area contributed by atoms with E-state index in [4.69, 9.17) is 19.9 Å². The quantitative estimate of drug-likeness (QED) is 0.609. The molecule has 22 heavy (non-hydrogen) atoms. The molecule has 0 aromatic carbocycles. The van der Waals surface area contributed by atoms with E-state index in [-0.39, 0.29) is 11.3 Å². The monoisotopic (exact) mass is 329 g/mol. The molecule has 1 spiro atoms. The number of aliphatic imine (C=N–C) groups is 1. The highest BCUT2D eigenvalue weighted by Gasteiger charge is 2.55. The summed E-state index contributed by atoms with van der Waals surface area (Å²) in [7, 11) is 0. The minimum absolute atomic E-state index is 0.0873. The molecule has 3 heterocycles. The maximum absolute atomic E-state index is 6.17. The summed E-state index contributed by atoms with van der Waals surface area (Å²) in [5, 5.41) is 0. The molecular formula is C15H27N3O3S. The van der Waals surface area contributed by atoms with Crippen LogP contribution in [0, 0.1) is 11.3 Å². The molecule has 0 radical (unpaired) electrons. The number of guanidine groups is 1. The van der Waals surface area contributed by atoms with Crippen molar-refractivity contribution in [1.82, 2.24) is 4.90 Å². The normalized spacial score (nSPS) is 29.5. The Morgan fingerprint density at radius 2 is 2.00 bits per heavy atom. The van der Waals surface area contributed by atoms with E-state index in [1.54, 1.807) is 0 Å². The van der Waals surface area contributed by atoms with Crippen LogP contribution in [0.3, 0.4) is 0 Å². The number of rotatable bonds is 3. The summed E-state index contributed by atoms with van der Waals surface area (Å²) in [5.41, 5.74) is 6.08. The van der Waals surface area contributed by atoms with Crippen molar-refractivity contribution in [3.63, 3.8) is 0 Å². The average Bonchev–Trinajstić information content (AvgIpc) is 3.17. The van der Waals surface area contributed by atoms with Gasteiger partial charge in [0.1, 0.15) is 6.61 Å². The van der Waals surface area contributed by atoms with Crippen LogP contribution in [0.5, 0.6) is 0 Å². The Morgan fingerprint density at radius 1 is 1.32 bits per heavy atom. The molecular weight excluding hydrogens is 302 g/mol. The van der Waals surface area contributed by atoms with Crippen molar-refractivity contribution in [3.05, 3.63) is 0 Å². The lowest BCUT2D eigenvalue weighted by Gasteiger charge is -2.38. The molecule has 0 bridgehead atoms. The van der Waals surface area contributed by atoms with Gasteiger partial charge in [0, 0.05) is 37.1 Å². The van der Waals surface area contributed by atoms with Crippen LogP contribution in [0.1, 0.15) is 13.8 Å². The summed E-state index contributed by atoms with van der Waals surface area (Å²) in [4.78, 5) is 6.84. The second-order valence-corrected chi connectivity index (χ2v) is 8.06.